The zero-order valence-electron chi connectivity index (χ0n) is 17.2. The third-order valence-corrected chi connectivity index (χ3v) is 5.43. The lowest BCUT2D eigenvalue weighted by Crippen LogP contribution is -2.13. The Labute approximate surface area is 179 Å². The van der Waals surface area contributed by atoms with Gasteiger partial charge in [0.15, 0.2) is 11.6 Å². The summed E-state index contributed by atoms with van der Waals surface area (Å²) in [6.07, 6.45) is 3.46. The van der Waals surface area contributed by atoms with Crippen molar-refractivity contribution in [3.8, 4) is 17.2 Å². The van der Waals surface area contributed by atoms with Crippen molar-refractivity contribution in [3.05, 3.63) is 102 Å². The Hall–Kier alpha value is -3.21. The summed E-state index contributed by atoms with van der Waals surface area (Å²) in [5, 5.41) is 0. The fraction of sp³-hybridized carbons (Fsp3) is 0.231. The molecule has 3 aromatic carbocycles. The van der Waals surface area contributed by atoms with E-state index in [4.69, 9.17) is 9.47 Å². The molecule has 0 bridgehead atoms. The van der Waals surface area contributed by atoms with Crippen molar-refractivity contribution in [2.24, 2.45) is 0 Å². The van der Waals surface area contributed by atoms with Crippen molar-refractivity contribution in [2.75, 3.05) is 6.61 Å². The zero-order valence-corrected chi connectivity index (χ0v) is 17.2. The van der Waals surface area contributed by atoms with Crippen molar-refractivity contribution in [2.45, 2.75) is 31.1 Å². The van der Waals surface area contributed by atoms with Crippen molar-refractivity contribution in [1.82, 2.24) is 0 Å². The second-order valence-corrected chi connectivity index (χ2v) is 7.60. The second kappa shape index (κ2) is 8.50. The zero-order chi connectivity index (χ0) is 21.9. The molecule has 1 saturated carbocycles. The number of para-hydroxylation sites is 1. The van der Waals surface area contributed by atoms with Gasteiger partial charge in [-0.15, -0.1) is 0 Å². The quantitative estimate of drug-likeness (QED) is 0.359. The first-order valence-electron chi connectivity index (χ1n) is 10.2. The molecule has 160 valence electrons. The van der Waals surface area contributed by atoms with Gasteiger partial charge in [0.25, 0.3) is 5.92 Å². The summed E-state index contributed by atoms with van der Waals surface area (Å²) >= 11 is 0. The third kappa shape index (κ3) is 4.46. The van der Waals surface area contributed by atoms with Crippen LogP contribution in [-0.2, 0) is 11.8 Å². The molecule has 0 N–H and O–H groups in total. The van der Waals surface area contributed by atoms with Gasteiger partial charge in [-0.25, -0.2) is 13.2 Å². The first-order chi connectivity index (χ1) is 14.9. The van der Waals surface area contributed by atoms with E-state index in [1.54, 1.807) is 72.8 Å². The Bertz CT molecular complexity index is 1060. The highest BCUT2D eigenvalue weighted by molar-refractivity contribution is 5.46. The molecule has 1 aliphatic rings. The monoisotopic (exact) mass is 424 g/mol. The maximum atomic E-state index is 14.3. The highest BCUT2D eigenvalue weighted by Crippen LogP contribution is 2.62. The molecular formula is C26H23F3O2. The van der Waals surface area contributed by atoms with Crippen LogP contribution in [0.5, 0.6) is 17.2 Å². The van der Waals surface area contributed by atoms with Crippen molar-refractivity contribution in [3.63, 3.8) is 0 Å². The molecule has 2 nitrogen and oxygen atoms in total. The van der Waals surface area contributed by atoms with Gasteiger partial charge in [-0.2, -0.15) is 0 Å². The number of rotatable bonds is 8. The van der Waals surface area contributed by atoms with Crippen molar-refractivity contribution < 1.29 is 22.6 Å². The standard InChI is InChI=1S/C26H23F3O2/c1-2-30-21-13-11-20(12-14-21)25(18-26(25,28)29)16-6-7-19-10-15-23(27)24(17-19)31-22-8-4-3-5-9-22/h3-6,8-17H,2,7,18H2,1H3/b16-6+. The van der Waals surface area contributed by atoms with Crippen LogP contribution in [0.1, 0.15) is 24.5 Å². The van der Waals surface area contributed by atoms with Crippen LogP contribution < -0.4 is 9.47 Å². The highest BCUT2D eigenvalue weighted by Gasteiger charge is 2.70. The van der Waals surface area contributed by atoms with Crippen LogP contribution in [0.2, 0.25) is 0 Å². The van der Waals surface area contributed by atoms with Gasteiger partial charge in [-0.05, 0) is 60.9 Å². The Kier molecular flexibility index (Phi) is 5.77. The van der Waals surface area contributed by atoms with E-state index < -0.39 is 17.2 Å². The Morgan fingerprint density at radius 2 is 1.65 bits per heavy atom. The molecule has 0 spiro atoms. The average molecular weight is 424 g/mol. The fourth-order valence-corrected chi connectivity index (χ4v) is 3.68. The maximum Gasteiger partial charge on any atom is 0.262 e. The molecule has 0 aliphatic heterocycles. The van der Waals surface area contributed by atoms with E-state index >= 15 is 0 Å². The van der Waals surface area contributed by atoms with E-state index in [-0.39, 0.29) is 12.2 Å². The van der Waals surface area contributed by atoms with Gasteiger partial charge in [0.05, 0.1) is 12.0 Å². The minimum atomic E-state index is -2.79. The molecule has 0 amide bonds. The summed E-state index contributed by atoms with van der Waals surface area (Å²) in [6.45, 7) is 2.40. The summed E-state index contributed by atoms with van der Waals surface area (Å²) < 4.78 is 53.8. The minimum Gasteiger partial charge on any atom is -0.494 e. The van der Waals surface area contributed by atoms with E-state index in [1.807, 2.05) is 13.0 Å². The number of ether oxygens (including phenoxy) is 2. The number of alkyl halides is 2. The van der Waals surface area contributed by atoms with Crippen LogP contribution in [0.25, 0.3) is 0 Å². The first kappa shape index (κ1) is 21.0. The van der Waals surface area contributed by atoms with Crippen LogP contribution >= 0.6 is 0 Å². The van der Waals surface area contributed by atoms with Gasteiger partial charge < -0.3 is 9.47 Å². The van der Waals surface area contributed by atoms with Crippen LogP contribution in [0, 0.1) is 5.82 Å². The number of halogens is 3. The van der Waals surface area contributed by atoms with E-state index in [2.05, 4.69) is 0 Å². The lowest BCUT2D eigenvalue weighted by molar-refractivity contribution is 0.0981. The van der Waals surface area contributed by atoms with Crippen molar-refractivity contribution in [1.29, 1.82) is 0 Å². The Balaban J connectivity index is 1.50. The SMILES string of the molecule is CCOc1ccc(C2(/C=C/Cc3ccc(F)c(Oc4ccccc4)c3)CC2(F)F)cc1. The fourth-order valence-electron chi connectivity index (χ4n) is 3.68. The Morgan fingerprint density at radius 3 is 2.29 bits per heavy atom. The molecule has 0 radical (unpaired) electrons. The number of hydrogen-bond acceptors (Lipinski definition) is 2. The van der Waals surface area contributed by atoms with Gasteiger partial charge in [0, 0.05) is 6.42 Å². The molecule has 31 heavy (non-hydrogen) atoms. The number of allylic oxidation sites excluding steroid dienone is 2. The summed E-state index contributed by atoms with van der Waals surface area (Å²) in [5.74, 6) is -1.97. The van der Waals surface area contributed by atoms with Gasteiger partial charge in [-0.3, -0.25) is 0 Å². The molecule has 0 heterocycles. The van der Waals surface area contributed by atoms with Gasteiger partial charge in [0.2, 0.25) is 0 Å². The van der Waals surface area contributed by atoms with Gasteiger partial charge >= 0.3 is 0 Å². The normalized spacial score (nSPS) is 19.4. The predicted molar refractivity (Wildman–Crippen MR) is 115 cm³/mol. The molecule has 1 unspecified atom stereocenters. The molecule has 5 heteroatoms. The molecule has 1 atom stereocenters. The summed E-state index contributed by atoms with van der Waals surface area (Å²) in [7, 11) is 0. The molecular weight excluding hydrogens is 401 g/mol. The van der Waals surface area contributed by atoms with Gasteiger partial charge in [0.1, 0.15) is 11.5 Å². The van der Waals surface area contributed by atoms with E-state index in [0.29, 0.717) is 30.1 Å². The molecule has 0 saturated heterocycles. The lowest BCUT2D eigenvalue weighted by Gasteiger charge is -2.13. The van der Waals surface area contributed by atoms with Crippen LogP contribution in [0.15, 0.2) is 84.9 Å². The maximum absolute atomic E-state index is 14.3. The lowest BCUT2D eigenvalue weighted by atomic mass is 9.94. The summed E-state index contributed by atoms with van der Waals surface area (Å²) in [4.78, 5) is 0. The van der Waals surface area contributed by atoms with Crippen LogP contribution in [0.4, 0.5) is 13.2 Å². The van der Waals surface area contributed by atoms with E-state index in [1.165, 1.54) is 6.07 Å². The summed E-state index contributed by atoms with van der Waals surface area (Å²) in [6, 6.07) is 20.3. The molecule has 1 fully saturated rings. The molecule has 0 aromatic heterocycles. The van der Waals surface area contributed by atoms with Crippen LogP contribution in [-0.4, -0.2) is 12.5 Å². The highest BCUT2D eigenvalue weighted by atomic mass is 19.3. The van der Waals surface area contributed by atoms with Gasteiger partial charge in [-0.1, -0.05) is 48.6 Å². The van der Waals surface area contributed by atoms with Crippen LogP contribution in [0.3, 0.4) is 0 Å². The number of benzene rings is 3. The molecule has 1 aliphatic carbocycles. The predicted octanol–water partition coefficient (Wildman–Crippen LogP) is 7.09. The average Bonchev–Trinajstić information content (AvgIpc) is 3.33. The molecule has 4 rings (SSSR count). The second-order valence-electron chi connectivity index (χ2n) is 7.60. The minimum absolute atomic E-state index is 0.107. The van der Waals surface area contributed by atoms with Crippen molar-refractivity contribution >= 4 is 0 Å². The topological polar surface area (TPSA) is 18.5 Å². The first-order valence-corrected chi connectivity index (χ1v) is 10.2. The van der Waals surface area contributed by atoms with E-state index in [0.717, 1.165) is 5.56 Å². The Morgan fingerprint density at radius 1 is 0.935 bits per heavy atom. The smallest absolute Gasteiger partial charge is 0.262 e. The number of hydrogen-bond donors (Lipinski definition) is 0. The largest absolute Gasteiger partial charge is 0.494 e. The third-order valence-electron chi connectivity index (χ3n) is 5.43. The molecule has 3 aromatic rings. The van der Waals surface area contributed by atoms with E-state index in [9.17, 15) is 13.2 Å². The summed E-state index contributed by atoms with van der Waals surface area (Å²) in [5.41, 5.74) is 0.0278.